The fraction of sp³-hybridized carbons (Fsp3) is 0.368. The Labute approximate surface area is 147 Å². The molecule has 1 aliphatic rings. The van der Waals surface area contributed by atoms with Crippen LogP contribution in [0, 0.1) is 5.92 Å². The quantitative estimate of drug-likeness (QED) is 0.807. The van der Waals surface area contributed by atoms with Gasteiger partial charge < -0.3 is 9.80 Å². The average molecular weight is 338 g/mol. The van der Waals surface area contributed by atoms with E-state index in [0.717, 1.165) is 17.7 Å². The van der Waals surface area contributed by atoms with E-state index in [0.29, 0.717) is 19.6 Å². The Morgan fingerprint density at radius 1 is 1.24 bits per heavy atom. The van der Waals surface area contributed by atoms with Crippen LogP contribution in [0.2, 0.25) is 0 Å². The summed E-state index contributed by atoms with van der Waals surface area (Å²) in [6.07, 6.45) is 7.90. The zero-order valence-electron chi connectivity index (χ0n) is 14.3. The summed E-state index contributed by atoms with van der Waals surface area (Å²) >= 11 is 0. The molecule has 3 rings (SSSR count). The van der Waals surface area contributed by atoms with Gasteiger partial charge in [-0.25, -0.2) is 0 Å². The summed E-state index contributed by atoms with van der Waals surface area (Å²) in [7, 11) is 0. The van der Waals surface area contributed by atoms with Crippen LogP contribution in [-0.2, 0) is 16.0 Å². The van der Waals surface area contributed by atoms with Gasteiger partial charge in [-0.15, -0.1) is 0 Å². The van der Waals surface area contributed by atoms with E-state index in [1.165, 1.54) is 0 Å². The molecule has 130 valence electrons. The van der Waals surface area contributed by atoms with Crippen molar-refractivity contribution in [3.05, 3.63) is 54.6 Å². The number of hydrogen-bond donors (Lipinski definition) is 0. The SMILES string of the molecule is CCN(CCc1ccncc1)C(=O)C1CC(=O)N(c2cccnc2)C1. The maximum Gasteiger partial charge on any atom is 0.228 e. The third kappa shape index (κ3) is 4.02. The molecule has 0 aromatic carbocycles. The van der Waals surface area contributed by atoms with E-state index in [-0.39, 0.29) is 24.2 Å². The summed E-state index contributed by atoms with van der Waals surface area (Å²) in [5.74, 6) is -0.252. The summed E-state index contributed by atoms with van der Waals surface area (Å²) in [6.45, 7) is 3.69. The van der Waals surface area contributed by atoms with Crippen molar-refractivity contribution >= 4 is 17.5 Å². The van der Waals surface area contributed by atoms with Crippen LogP contribution in [-0.4, -0.2) is 46.3 Å². The van der Waals surface area contributed by atoms with Crippen LogP contribution >= 0.6 is 0 Å². The van der Waals surface area contributed by atoms with Crippen LogP contribution in [0.1, 0.15) is 18.9 Å². The number of carbonyl (C=O) groups excluding carboxylic acids is 2. The molecule has 0 radical (unpaired) electrons. The molecule has 2 aromatic rings. The highest BCUT2D eigenvalue weighted by Crippen LogP contribution is 2.25. The van der Waals surface area contributed by atoms with Crippen LogP contribution in [0.25, 0.3) is 0 Å². The predicted molar refractivity (Wildman–Crippen MR) is 94.9 cm³/mol. The van der Waals surface area contributed by atoms with Crippen molar-refractivity contribution in [2.45, 2.75) is 19.8 Å². The van der Waals surface area contributed by atoms with Gasteiger partial charge in [-0.2, -0.15) is 0 Å². The first-order valence-electron chi connectivity index (χ1n) is 8.57. The van der Waals surface area contributed by atoms with Gasteiger partial charge in [-0.05, 0) is 43.2 Å². The minimum absolute atomic E-state index is 0.0171. The maximum absolute atomic E-state index is 12.8. The van der Waals surface area contributed by atoms with Crippen molar-refractivity contribution in [2.75, 3.05) is 24.5 Å². The molecule has 0 aliphatic carbocycles. The molecule has 6 heteroatoms. The van der Waals surface area contributed by atoms with Crippen molar-refractivity contribution < 1.29 is 9.59 Å². The van der Waals surface area contributed by atoms with E-state index in [1.807, 2.05) is 30.0 Å². The first kappa shape index (κ1) is 17.1. The number of rotatable bonds is 6. The van der Waals surface area contributed by atoms with Gasteiger partial charge in [0.15, 0.2) is 0 Å². The number of aromatic nitrogens is 2. The van der Waals surface area contributed by atoms with Gasteiger partial charge in [0.1, 0.15) is 0 Å². The third-order valence-electron chi connectivity index (χ3n) is 4.55. The number of pyridine rings is 2. The Bertz CT molecular complexity index is 721. The molecule has 2 amide bonds. The van der Waals surface area contributed by atoms with Crippen molar-refractivity contribution in [1.29, 1.82) is 0 Å². The van der Waals surface area contributed by atoms with Crippen molar-refractivity contribution in [2.24, 2.45) is 5.92 Å². The Balaban J connectivity index is 1.62. The lowest BCUT2D eigenvalue weighted by Crippen LogP contribution is -2.38. The summed E-state index contributed by atoms with van der Waals surface area (Å²) in [5, 5.41) is 0. The molecule has 1 atom stereocenters. The molecule has 1 unspecified atom stereocenters. The fourth-order valence-corrected chi connectivity index (χ4v) is 3.13. The highest BCUT2D eigenvalue weighted by molar-refractivity contribution is 6.00. The Kier molecular flexibility index (Phi) is 5.38. The summed E-state index contributed by atoms with van der Waals surface area (Å²) in [5.41, 5.74) is 1.91. The number of amides is 2. The monoisotopic (exact) mass is 338 g/mol. The second-order valence-corrected chi connectivity index (χ2v) is 6.14. The summed E-state index contributed by atoms with van der Waals surface area (Å²) < 4.78 is 0. The zero-order valence-corrected chi connectivity index (χ0v) is 14.3. The molecular formula is C19H22N4O2. The van der Waals surface area contributed by atoms with Crippen LogP contribution in [0.5, 0.6) is 0 Å². The normalized spacial score (nSPS) is 16.9. The molecule has 0 spiro atoms. The van der Waals surface area contributed by atoms with E-state index < -0.39 is 0 Å². The van der Waals surface area contributed by atoms with Gasteiger partial charge in [0.2, 0.25) is 11.8 Å². The summed E-state index contributed by atoms with van der Waals surface area (Å²) in [6, 6.07) is 7.56. The maximum atomic E-state index is 12.8. The van der Waals surface area contributed by atoms with Gasteiger partial charge in [-0.3, -0.25) is 19.6 Å². The van der Waals surface area contributed by atoms with E-state index in [1.54, 1.807) is 35.8 Å². The van der Waals surface area contributed by atoms with E-state index in [4.69, 9.17) is 0 Å². The fourth-order valence-electron chi connectivity index (χ4n) is 3.13. The molecule has 25 heavy (non-hydrogen) atoms. The smallest absolute Gasteiger partial charge is 0.228 e. The van der Waals surface area contributed by atoms with Gasteiger partial charge in [0.25, 0.3) is 0 Å². The second kappa shape index (κ2) is 7.88. The lowest BCUT2D eigenvalue weighted by Gasteiger charge is -2.24. The Morgan fingerprint density at radius 3 is 2.72 bits per heavy atom. The average Bonchev–Trinajstić information content (AvgIpc) is 3.05. The standard InChI is InChI=1S/C19H22N4O2/c1-2-22(11-7-15-5-9-20-10-6-15)19(25)16-12-18(24)23(14-16)17-4-3-8-21-13-17/h3-6,8-10,13,16H,2,7,11-12,14H2,1H3. The molecule has 0 N–H and O–H groups in total. The first-order chi connectivity index (χ1) is 12.2. The molecule has 2 aromatic heterocycles. The van der Waals surface area contributed by atoms with Crippen LogP contribution in [0.15, 0.2) is 49.1 Å². The number of likely N-dealkylation sites (N-methyl/N-ethyl adjacent to an activating group) is 1. The molecule has 0 bridgehead atoms. The second-order valence-electron chi connectivity index (χ2n) is 6.14. The van der Waals surface area contributed by atoms with Gasteiger partial charge in [0.05, 0.1) is 17.8 Å². The molecule has 3 heterocycles. The lowest BCUT2D eigenvalue weighted by molar-refractivity contribution is -0.135. The molecule has 0 saturated carbocycles. The van der Waals surface area contributed by atoms with Crippen LogP contribution < -0.4 is 4.90 Å². The van der Waals surface area contributed by atoms with Crippen LogP contribution in [0.3, 0.4) is 0 Å². The van der Waals surface area contributed by atoms with Crippen molar-refractivity contribution in [3.8, 4) is 0 Å². The zero-order chi connectivity index (χ0) is 17.6. The Hall–Kier alpha value is -2.76. The molecule has 1 aliphatic heterocycles. The van der Waals surface area contributed by atoms with Gasteiger partial charge in [0, 0.05) is 44.6 Å². The topological polar surface area (TPSA) is 66.4 Å². The number of hydrogen-bond acceptors (Lipinski definition) is 4. The first-order valence-corrected chi connectivity index (χ1v) is 8.57. The molecular weight excluding hydrogens is 316 g/mol. The molecule has 1 fully saturated rings. The Morgan fingerprint density at radius 2 is 2.04 bits per heavy atom. The van der Waals surface area contributed by atoms with E-state index in [9.17, 15) is 9.59 Å². The highest BCUT2D eigenvalue weighted by atomic mass is 16.2. The molecule has 6 nitrogen and oxygen atoms in total. The minimum Gasteiger partial charge on any atom is -0.342 e. The van der Waals surface area contributed by atoms with Crippen molar-refractivity contribution in [3.63, 3.8) is 0 Å². The minimum atomic E-state index is -0.287. The third-order valence-corrected chi connectivity index (χ3v) is 4.55. The highest BCUT2D eigenvalue weighted by Gasteiger charge is 2.36. The van der Waals surface area contributed by atoms with Gasteiger partial charge in [-0.1, -0.05) is 0 Å². The number of anilines is 1. The van der Waals surface area contributed by atoms with Crippen molar-refractivity contribution in [1.82, 2.24) is 14.9 Å². The number of carbonyl (C=O) groups is 2. The van der Waals surface area contributed by atoms with Gasteiger partial charge >= 0.3 is 0 Å². The summed E-state index contributed by atoms with van der Waals surface area (Å²) in [4.78, 5) is 36.7. The largest absolute Gasteiger partial charge is 0.342 e. The molecule has 1 saturated heterocycles. The van der Waals surface area contributed by atoms with E-state index in [2.05, 4.69) is 9.97 Å². The predicted octanol–water partition coefficient (Wildman–Crippen LogP) is 1.92. The van der Waals surface area contributed by atoms with E-state index >= 15 is 0 Å². The van der Waals surface area contributed by atoms with Crippen LogP contribution in [0.4, 0.5) is 5.69 Å². The number of nitrogens with zero attached hydrogens (tertiary/aromatic N) is 4. The lowest BCUT2D eigenvalue weighted by atomic mass is 10.1.